The number of fused-ring (bicyclic) bond motifs is 14. The van der Waals surface area contributed by atoms with E-state index in [1.165, 1.54) is 165 Å². The molecular weight excluding hydrogens is 985 g/mol. The molecule has 0 bridgehead atoms. The first-order valence-electron chi connectivity index (χ1n) is 29.0. The molecule has 0 fully saturated rings. The molecule has 0 aliphatic heterocycles. The van der Waals surface area contributed by atoms with E-state index in [4.69, 9.17) is 0 Å². The Hall–Kier alpha value is -9.88. The predicted molar refractivity (Wildman–Crippen MR) is 348 cm³/mol. The Morgan fingerprint density at radius 2 is 0.537 bits per heavy atom. The van der Waals surface area contributed by atoms with Gasteiger partial charge >= 0.3 is 0 Å². The first-order valence-corrected chi connectivity index (χ1v) is 29.0. The van der Waals surface area contributed by atoms with E-state index in [9.17, 15) is 0 Å². The predicted octanol–water partition coefficient (Wildman–Crippen LogP) is 21.9. The Kier molecular flexibility index (Phi) is 10.7. The molecule has 0 N–H and O–H groups in total. The Balaban J connectivity index is 0.815. The SMILES string of the molecule is Cc1ccccc1C(C)(C)c1cc(-c2ccc(-c3c4ccccc4c(-c4c5ccccc5c(-c5ccc(-c6ccc7c(c6)C6(c8ccccc8-c8ccccc86)c6ccccc6-7)cc5)c5ccccc45)c4ccccc34)cc2)ccc1C. The van der Waals surface area contributed by atoms with Gasteiger partial charge in [-0.1, -0.05) is 287 Å². The maximum Gasteiger partial charge on any atom is 0.0725 e. The molecule has 0 radical (unpaired) electrons. The lowest BCUT2D eigenvalue weighted by Crippen LogP contribution is -2.25. The van der Waals surface area contributed by atoms with Crippen LogP contribution in [-0.2, 0) is 10.8 Å². The standard InChI is InChI=1S/C82H58/c1-51-21-5-17-33-71(51)81(3,4)75-49-57(38-37-52(75)2)53-39-43-55(44-40-53)77-63-25-6-10-29-67(63)79(68-30-11-7-26-64(68)77)80-69-31-12-8-27-65(69)78(66-28-9-13-32-70(66)80)56-45-41-54(42-46-56)58-47-48-62-61-24-16-20-36-74(61)82(76(62)50-58)72-34-18-14-22-59(72)60-23-15-19-35-73(60)82/h5-50H,1-4H3. The Morgan fingerprint density at radius 3 is 0.963 bits per heavy atom. The number of aryl methyl sites for hydroxylation is 2. The minimum Gasteiger partial charge on any atom is -0.0620 e. The van der Waals surface area contributed by atoms with E-state index in [2.05, 4.69) is 307 Å². The van der Waals surface area contributed by atoms with Crippen LogP contribution < -0.4 is 0 Å². The molecule has 14 aromatic rings. The van der Waals surface area contributed by atoms with E-state index in [1.807, 2.05) is 0 Å². The third kappa shape index (κ3) is 6.91. The van der Waals surface area contributed by atoms with Crippen LogP contribution in [0.4, 0.5) is 0 Å². The highest BCUT2D eigenvalue weighted by atomic mass is 14.5. The van der Waals surface area contributed by atoms with Gasteiger partial charge in [-0.25, -0.2) is 0 Å². The second-order valence-corrected chi connectivity index (χ2v) is 23.5. The van der Waals surface area contributed by atoms with Gasteiger partial charge in [-0.05, 0) is 185 Å². The lowest BCUT2D eigenvalue weighted by Gasteiger charge is -2.30. The van der Waals surface area contributed by atoms with Crippen LogP contribution in [0.15, 0.2) is 279 Å². The fourth-order valence-corrected chi connectivity index (χ4v) is 15.2. The quantitative estimate of drug-likeness (QED) is 0.140. The molecule has 0 heteroatoms. The summed E-state index contributed by atoms with van der Waals surface area (Å²) in [6.07, 6.45) is 0. The van der Waals surface area contributed by atoms with Crippen molar-refractivity contribution in [1.29, 1.82) is 0 Å². The summed E-state index contributed by atoms with van der Waals surface area (Å²) in [7, 11) is 0. The van der Waals surface area contributed by atoms with E-state index < -0.39 is 0 Å². The van der Waals surface area contributed by atoms with E-state index in [1.54, 1.807) is 0 Å². The van der Waals surface area contributed by atoms with Crippen LogP contribution in [0.5, 0.6) is 0 Å². The van der Waals surface area contributed by atoms with Crippen molar-refractivity contribution in [2.24, 2.45) is 0 Å². The van der Waals surface area contributed by atoms with Gasteiger partial charge in [-0.15, -0.1) is 0 Å². The highest BCUT2D eigenvalue weighted by Crippen LogP contribution is 2.63. The molecule has 2 aliphatic carbocycles. The minimum atomic E-state index is -0.384. The fraction of sp³-hybridized carbons (Fsp3) is 0.0732. The number of rotatable bonds is 7. The van der Waals surface area contributed by atoms with Crippen LogP contribution in [-0.4, -0.2) is 0 Å². The maximum atomic E-state index is 2.49. The van der Waals surface area contributed by atoms with E-state index in [0.29, 0.717) is 0 Å². The highest BCUT2D eigenvalue weighted by molar-refractivity contribution is 6.30. The van der Waals surface area contributed by atoms with Crippen LogP contribution in [0.3, 0.4) is 0 Å². The first-order chi connectivity index (χ1) is 40.3. The van der Waals surface area contributed by atoms with Gasteiger partial charge in [0.2, 0.25) is 0 Å². The molecule has 14 aromatic carbocycles. The zero-order valence-corrected chi connectivity index (χ0v) is 46.6. The summed E-state index contributed by atoms with van der Waals surface area (Å²) in [6, 6.07) is 105. The van der Waals surface area contributed by atoms with Crippen molar-refractivity contribution in [3.05, 3.63) is 324 Å². The van der Waals surface area contributed by atoms with Gasteiger partial charge in [0, 0.05) is 5.41 Å². The molecule has 0 unspecified atom stereocenters. The van der Waals surface area contributed by atoms with E-state index in [-0.39, 0.29) is 10.8 Å². The van der Waals surface area contributed by atoms with Crippen molar-refractivity contribution in [3.63, 3.8) is 0 Å². The largest absolute Gasteiger partial charge is 0.0725 e. The normalized spacial score (nSPS) is 13.0. The number of hydrogen-bond donors (Lipinski definition) is 0. The molecule has 0 saturated carbocycles. The van der Waals surface area contributed by atoms with Crippen molar-refractivity contribution in [1.82, 2.24) is 0 Å². The zero-order chi connectivity index (χ0) is 54.8. The smallest absolute Gasteiger partial charge is 0.0620 e. The molecular formula is C82H58. The van der Waals surface area contributed by atoms with Crippen molar-refractivity contribution >= 4 is 43.1 Å². The lowest BCUT2D eigenvalue weighted by molar-refractivity contribution is 0.631. The average molecular weight is 1040 g/mol. The van der Waals surface area contributed by atoms with Gasteiger partial charge in [-0.3, -0.25) is 0 Å². The summed E-state index contributed by atoms with van der Waals surface area (Å²) < 4.78 is 0. The molecule has 0 atom stereocenters. The zero-order valence-electron chi connectivity index (χ0n) is 46.6. The van der Waals surface area contributed by atoms with Crippen LogP contribution in [0.1, 0.15) is 58.4 Å². The third-order valence-electron chi connectivity index (χ3n) is 18.9. The van der Waals surface area contributed by atoms with Crippen molar-refractivity contribution in [3.8, 4) is 77.9 Å². The van der Waals surface area contributed by atoms with Crippen molar-refractivity contribution in [2.45, 2.75) is 38.5 Å². The number of benzene rings is 14. The van der Waals surface area contributed by atoms with Gasteiger partial charge < -0.3 is 0 Å². The summed E-state index contributed by atoms with van der Waals surface area (Å²) in [4.78, 5) is 0. The van der Waals surface area contributed by atoms with Gasteiger partial charge in [0.05, 0.1) is 5.41 Å². The highest BCUT2D eigenvalue weighted by Gasteiger charge is 2.51. The monoisotopic (exact) mass is 1040 g/mol. The van der Waals surface area contributed by atoms with Crippen LogP contribution >= 0.6 is 0 Å². The van der Waals surface area contributed by atoms with Gasteiger partial charge in [0.25, 0.3) is 0 Å². The van der Waals surface area contributed by atoms with Crippen LogP contribution in [0.25, 0.3) is 121 Å². The third-order valence-corrected chi connectivity index (χ3v) is 18.9. The molecule has 2 aliphatic rings. The minimum absolute atomic E-state index is 0.144. The maximum absolute atomic E-state index is 2.49. The molecule has 0 amide bonds. The molecule has 16 rings (SSSR count). The fourth-order valence-electron chi connectivity index (χ4n) is 15.2. The Labute approximate surface area is 480 Å². The lowest BCUT2D eigenvalue weighted by atomic mass is 9.70. The van der Waals surface area contributed by atoms with Crippen LogP contribution in [0.2, 0.25) is 0 Å². The second-order valence-electron chi connectivity index (χ2n) is 23.5. The molecule has 386 valence electrons. The summed E-state index contributed by atoms with van der Waals surface area (Å²) in [6.45, 7) is 9.20. The summed E-state index contributed by atoms with van der Waals surface area (Å²) >= 11 is 0. The topological polar surface area (TPSA) is 0 Å². The first kappa shape index (κ1) is 48.1. The van der Waals surface area contributed by atoms with E-state index in [0.717, 1.165) is 0 Å². The van der Waals surface area contributed by atoms with Crippen LogP contribution in [0, 0.1) is 13.8 Å². The average Bonchev–Trinajstić information content (AvgIpc) is 2.62. The molecule has 0 heterocycles. The molecule has 0 nitrogen and oxygen atoms in total. The molecule has 1 spiro atoms. The van der Waals surface area contributed by atoms with Gasteiger partial charge in [0.1, 0.15) is 0 Å². The van der Waals surface area contributed by atoms with Crippen molar-refractivity contribution < 1.29 is 0 Å². The van der Waals surface area contributed by atoms with Gasteiger partial charge in [-0.2, -0.15) is 0 Å². The van der Waals surface area contributed by atoms with Gasteiger partial charge in [0.15, 0.2) is 0 Å². The summed E-state index contributed by atoms with van der Waals surface area (Å²) in [5.41, 5.74) is 27.9. The Morgan fingerprint density at radius 1 is 0.232 bits per heavy atom. The Bertz CT molecular complexity index is 4770. The summed E-state index contributed by atoms with van der Waals surface area (Å²) in [5, 5.41) is 9.97. The second kappa shape index (κ2) is 18.3. The number of hydrogen-bond acceptors (Lipinski definition) is 0. The molecule has 0 aromatic heterocycles. The van der Waals surface area contributed by atoms with E-state index >= 15 is 0 Å². The molecule has 82 heavy (non-hydrogen) atoms. The van der Waals surface area contributed by atoms with Crippen molar-refractivity contribution in [2.75, 3.05) is 0 Å². The molecule has 0 saturated heterocycles. The summed E-state index contributed by atoms with van der Waals surface area (Å²) in [5.74, 6) is 0.